The molecule has 0 bridgehead atoms. The zero-order chi connectivity index (χ0) is 20.9. The molecule has 0 saturated carbocycles. The van der Waals surface area contributed by atoms with E-state index < -0.39 is 0 Å². The summed E-state index contributed by atoms with van der Waals surface area (Å²) in [5.74, 6) is 0. The quantitative estimate of drug-likeness (QED) is 0.302. The lowest BCUT2D eigenvalue weighted by molar-refractivity contribution is 1.45. The Morgan fingerprint density at radius 3 is 1.65 bits per heavy atom. The van der Waals surface area contributed by atoms with Crippen molar-refractivity contribution in [3.63, 3.8) is 0 Å². The van der Waals surface area contributed by atoms with E-state index in [1.54, 1.807) is 0 Å². The van der Waals surface area contributed by atoms with E-state index in [0.29, 0.717) is 0 Å². The molecule has 0 atom stereocenters. The van der Waals surface area contributed by atoms with Crippen LogP contribution in [0, 0.1) is 0 Å². The fourth-order valence-electron chi connectivity index (χ4n) is 3.85. The summed E-state index contributed by atoms with van der Waals surface area (Å²) in [5.41, 5.74) is 6.15. The van der Waals surface area contributed by atoms with Gasteiger partial charge in [0, 0.05) is 16.6 Å². The minimum atomic E-state index is 1.18. The molecule has 6 rings (SSSR count). The molecular weight excluding hydrogens is 374 g/mol. The van der Waals surface area contributed by atoms with Gasteiger partial charge in [-0.2, -0.15) is 0 Å². The van der Waals surface area contributed by atoms with Crippen molar-refractivity contribution in [2.45, 2.75) is 0 Å². The topological polar surface area (TPSA) is 15.8 Å². The Hall–Kier alpha value is -4.10. The summed E-state index contributed by atoms with van der Waals surface area (Å²) < 4.78 is 0. The van der Waals surface area contributed by atoms with E-state index in [4.69, 9.17) is 0 Å². The second-order valence-electron chi connectivity index (χ2n) is 7.56. The van der Waals surface area contributed by atoms with Gasteiger partial charge in [0.1, 0.15) is 0 Å². The first-order valence-corrected chi connectivity index (χ1v) is 10.5. The molecule has 0 aliphatic carbocycles. The highest BCUT2D eigenvalue weighted by atomic mass is 14.7. The Morgan fingerprint density at radius 2 is 0.935 bits per heavy atom. The standard InChI is InChI=1S/C16H12.C14H11N/c1-2-6-13(7-3-1)16-11-10-14-8-4-5-9-15(14)12-16;1-2-6-11(7-3-1)14-10-12-8-4-5-9-13(12)15-14/h1-12H;1-10,15H. The molecule has 31 heavy (non-hydrogen) atoms. The molecule has 0 amide bonds. The Kier molecular flexibility index (Phi) is 5.32. The van der Waals surface area contributed by atoms with E-state index in [2.05, 4.69) is 120 Å². The molecule has 1 heteroatoms. The number of nitrogens with one attached hydrogen (secondary N) is 1. The van der Waals surface area contributed by atoms with Crippen LogP contribution in [0.3, 0.4) is 0 Å². The average Bonchev–Trinajstić information content (AvgIpc) is 3.30. The molecule has 5 aromatic carbocycles. The number of hydrogen-bond acceptors (Lipinski definition) is 0. The first-order chi connectivity index (χ1) is 15.4. The normalized spacial score (nSPS) is 10.6. The number of aromatic amines is 1. The van der Waals surface area contributed by atoms with E-state index in [1.165, 1.54) is 44.1 Å². The molecule has 1 aromatic heterocycles. The maximum atomic E-state index is 3.41. The second kappa shape index (κ2) is 8.73. The molecular formula is C30H23N. The van der Waals surface area contributed by atoms with E-state index in [-0.39, 0.29) is 0 Å². The number of benzene rings is 5. The van der Waals surface area contributed by atoms with Crippen molar-refractivity contribution in [3.05, 3.63) is 133 Å². The lowest BCUT2D eigenvalue weighted by Gasteiger charge is -2.03. The fraction of sp³-hybridized carbons (Fsp3) is 0. The smallest absolute Gasteiger partial charge is 0.0464 e. The number of fused-ring (bicyclic) bond motifs is 2. The second-order valence-corrected chi connectivity index (χ2v) is 7.56. The van der Waals surface area contributed by atoms with Gasteiger partial charge in [0.05, 0.1) is 0 Å². The summed E-state index contributed by atoms with van der Waals surface area (Å²) in [6, 6.07) is 46.4. The maximum Gasteiger partial charge on any atom is 0.0464 e. The highest BCUT2D eigenvalue weighted by molar-refractivity contribution is 5.87. The molecule has 6 aromatic rings. The van der Waals surface area contributed by atoms with Gasteiger partial charge in [0.15, 0.2) is 0 Å². The summed E-state index contributed by atoms with van der Waals surface area (Å²) >= 11 is 0. The zero-order valence-corrected chi connectivity index (χ0v) is 17.2. The van der Waals surface area contributed by atoms with Crippen molar-refractivity contribution in [1.29, 1.82) is 0 Å². The molecule has 0 spiro atoms. The minimum Gasteiger partial charge on any atom is -0.355 e. The highest BCUT2D eigenvalue weighted by Gasteiger charge is 2.01. The van der Waals surface area contributed by atoms with Crippen LogP contribution in [0.15, 0.2) is 133 Å². The third-order valence-electron chi connectivity index (χ3n) is 5.47. The van der Waals surface area contributed by atoms with Gasteiger partial charge in [-0.3, -0.25) is 0 Å². The number of H-pyrrole nitrogens is 1. The maximum absolute atomic E-state index is 3.41. The first-order valence-electron chi connectivity index (χ1n) is 10.5. The number of aromatic nitrogens is 1. The Bertz CT molecular complexity index is 1380. The molecule has 148 valence electrons. The lowest BCUT2D eigenvalue weighted by Crippen LogP contribution is -1.77. The van der Waals surface area contributed by atoms with Gasteiger partial charge in [-0.25, -0.2) is 0 Å². The van der Waals surface area contributed by atoms with Gasteiger partial charge in [-0.15, -0.1) is 0 Å². The van der Waals surface area contributed by atoms with Crippen molar-refractivity contribution in [3.8, 4) is 22.4 Å². The third-order valence-corrected chi connectivity index (χ3v) is 5.47. The first kappa shape index (κ1) is 18.9. The van der Waals surface area contributed by atoms with Crippen LogP contribution in [0.25, 0.3) is 44.1 Å². The third kappa shape index (κ3) is 4.26. The molecule has 0 fully saturated rings. The van der Waals surface area contributed by atoms with Gasteiger partial charge >= 0.3 is 0 Å². The van der Waals surface area contributed by atoms with E-state index in [9.17, 15) is 0 Å². The van der Waals surface area contributed by atoms with Crippen LogP contribution < -0.4 is 0 Å². The van der Waals surface area contributed by atoms with Crippen molar-refractivity contribution in [2.75, 3.05) is 0 Å². The lowest BCUT2D eigenvalue weighted by atomic mass is 10.0. The SMILES string of the molecule is c1ccc(-c2cc3ccccc3[nH]2)cc1.c1ccc(-c2ccc3ccccc3c2)cc1. The molecule has 1 N–H and O–H groups in total. The molecule has 0 radical (unpaired) electrons. The Labute approximate surface area is 182 Å². The van der Waals surface area contributed by atoms with Crippen LogP contribution >= 0.6 is 0 Å². The summed E-state index contributed by atoms with van der Waals surface area (Å²) in [5, 5.41) is 3.85. The summed E-state index contributed by atoms with van der Waals surface area (Å²) in [7, 11) is 0. The molecule has 0 aliphatic rings. The van der Waals surface area contributed by atoms with Crippen molar-refractivity contribution in [2.24, 2.45) is 0 Å². The predicted octanol–water partition coefficient (Wildman–Crippen LogP) is 8.34. The van der Waals surface area contributed by atoms with Gasteiger partial charge in [-0.05, 0) is 45.7 Å². The van der Waals surface area contributed by atoms with Crippen LogP contribution in [0.4, 0.5) is 0 Å². The van der Waals surface area contributed by atoms with Crippen LogP contribution in [-0.4, -0.2) is 4.98 Å². The fourth-order valence-corrected chi connectivity index (χ4v) is 3.85. The summed E-state index contributed by atoms with van der Waals surface area (Å²) in [4.78, 5) is 3.41. The summed E-state index contributed by atoms with van der Waals surface area (Å²) in [6.07, 6.45) is 0. The van der Waals surface area contributed by atoms with Gasteiger partial charge < -0.3 is 4.98 Å². The highest BCUT2D eigenvalue weighted by Crippen LogP contribution is 2.24. The predicted molar refractivity (Wildman–Crippen MR) is 133 cm³/mol. The van der Waals surface area contributed by atoms with Crippen LogP contribution in [0.5, 0.6) is 0 Å². The van der Waals surface area contributed by atoms with Crippen LogP contribution in [0.2, 0.25) is 0 Å². The van der Waals surface area contributed by atoms with Gasteiger partial charge in [0.2, 0.25) is 0 Å². The van der Waals surface area contributed by atoms with E-state index in [1.807, 2.05) is 18.2 Å². The zero-order valence-electron chi connectivity index (χ0n) is 17.2. The van der Waals surface area contributed by atoms with Gasteiger partial charge in [0.25, 0.3) is 0 Å². The Balaban J connectivity index is 0.000000132. The largest absolute Gasteiger partial charge is 0.355 e. The van der Waals surface area contributed by atoms with Crippen molar-refractivity contribution >= 4 is 21.7 Å². The van der Waals surface area contributed by atoms with Crippen molar-refractivity contribution < 1.29 is 0 Å². The molecule has 0 unspecified atom stereocenters. The molecule has 1 nitrogen and oxygen atoms in total. The minimum absolute atomic E-state index is 1.18. The molecule has 0 saturated heterocycles. The molecule has 1 heterocycles. The monoisotopic (exact) mass is 397 g/mol. The molecule has 0 aliphatic heterocycles. The average molecular weight is 398 g/mol. The number of hydrogen-bond donors (Lipinski definition) is 1. The van der Waals surface area contributed by atoms with Crippen LogP contribution in [0.1, 0.15) is 0 Å². The number of para-hydroxylation sites is 1. The van der Waals surface area contributed by atoms with E-state index >= 15 is 0 Å². The summed E-state index contributed by atoms with van der Waals surface area (Å²) in [6.45, 7) is 0. The van der Waals surface area contributed by atoms with E-state index in [0.717, 1.165) is 0 Å². The van der Waals surface area contributed by atoms with Gasteiger partial charge in [-0.1, -0.05) is 115 Å². The Morgan fingerprint density at radius 1 is 0.355 bits per heavy atom. The van der Waals surface area contributed by atoms with Crippen molar-refractivity contribution in [1.82, 2.24) is 4.98 Å². The van der Waals surface area contributed by atoms with Crippen LogP contribution in [-0.2, 0) is 0 Å². The number of rotatable bonds is 2.